The van der Waals surface area contributed by atoms with Gasteiger partial charge in [0.15, 0.2) is 23.3 Å². The van der Waals surface area contributed by atoms with Crippen LogP contribution in [0.1, 0.15) is 13.8 Å². The Balaban J connectivity index is 1.36. The number of hydrogen-bond acceptors (Lipinski definition) is 9. The largest absolute Gasteiger partial charge is 0.492 e. The van der Waals surface area contributed by atoms with Crippen molar-refractivity contribution in [2.45, 2.75) is 13.8 Å². The van der Waals surface area contributed by atoms with Crippen molar-refractivity contribution in [3.05, 3.63) is 91.0 Å². The fourth-order valence-electron chi connectivity index (χ4n) is 6.31. The van der Waals surface area contributed by atoms with Gasteiger partial charge in [0.1, 0.15) is 34.9 Å². The summed E-state index contributed by atoms with van der Waals surface area (Å²) in [6, 6.07) is 29.5. The SMILES string of the molecule is COC(=O)C(C)(C)COc1ccc2c3nc4nc(nc5[nH]c(nc6nc(nc([nH]3)c2c1)-c1ccccc1-6)c1ccccc51)-c1ccccc1-4. The van der Waals surface area contributed by atoms with Gasteiger partial charge in [-0.25, -0.2) is 29.9 Å². The number of aromatic nitrogens is 8. The number of methoxy groups -OCH3 is 1. The third kappa shape index (κ3) is 4.69. The smallest absolute Gasteiger partial charge is 0.314 e. The number of rotatable bonds is 4. The van der Waals surface area contributed by atoms with Crippen LogP contribution in [-0.4, -0.2) is 59.6 Å². The molecule has 0 saturated heterocycles. The standard InChI is InChI=1S/C38H28N8O3/c1-38(2,37(47)48-3)19-49-20-16-17-27-28(18-20)36-45-34-26-15-9-8-14-25(26)32(43-34)41-30-22-11-5-4-10-21(22)29(39-30)40-31-23-12-6-7-13-24(23)33(42-31)44-35(27)46-36/h4-18H,19H2,1-3H3,(H2,39,40,41,42,43,44,45,46). The fraction of sp³-hybridized carbons (Fsp3) is 0.132. The van der Waals surface area contributed by atoms with E-state index in [0.717, 1.165) is 43.8 Å². The van der Waals surface area contributed by atoms with Crippen LogP contribution in [-0.2, 0) is 9.53 Å². The number of fused-ring (bicyclic) bond motifs is 20. The Bertz CT molecular complexity index is 2670. The normalized spacial score (nSPS) is 12.1. The molecule has 5 heterocycles. The zero-order valence-corrected chi connectivity index (χ0v) is 26.8. The molecule has 238 valence electrons. The van der Waals surface area contributed by atoms with Gasteiger partial charge in [0.05, 0.1) is 12.5 Å². The van der Waals surface area contributed by atoms with Crippen molar-refractivity contribution >= 4 is 50.1 Å². The number of ether oxygens (including phenoxy) is 2. The quantitative estimate of drug-likeness (QED) is 0.187. The maximum Gasteiger partial charge on any atom is 0.314 e. The van der Waals surface area contributed by atoms with Gasteiger partial charge in [-0.05, 0) is 32.0 Å². The third-order valence-electron chi connectivity index (χ3n) is 8.86. The van der Waals surface area contributed by atoms with Crippen LogP contribution in [0, 0.1) is 5.41 Å². The minimum absolute atomic E-state index is 0.129. The van der Waals surface area contributed by atoms with Crippen molar-refractivity contribution in [2.75, 3.05) is 13.7 Å². The van der Waals surface area contributed by atoms with Gasteiger partial charge in [-0.15, -0.1) is 0 Å². The van der Waals surface area contributed by atoms with Crippen molar-refractivity contribution in [3.63, 3.8) is 0 Å². The molecule has 2 N–H and O–H groups in total. The molecule has 3 aromatic heterocycles. The van der Waals surface area contributed by atoms with Crippen LogP contribution >= 0.6 is 0 Å². The number of nitrogens with one attached hydrogen (secondary N) is 2. The second-order valence-corrected chi connectivity index (χ2v) is 12.6. The number of carbonyl (C=O) groups excluding carboxylic acids is 1. The highest BCUT2D eigenvalue weighted by Gasteiger charge is 2.30. The Hall–Kier alpha value is -6.49. The molecule has 0 fully saturated rings. The van der Waals surface area contributed by atoms with Crippen molar-refractivity contribution < 1.29 is 14.3 Å². The molecule has 2 aliphatic heterocycles. The lowest BCUT2D eigenvalue weighted by Gasteiger charge is -2.21. The monoisotopic (exact) mass is 644 g/mol. The van der Waals surface area contributed by atoms with E-state index in [2.05, 4.69) is 9.97 Å². The van der Waals surface area contributed by atoms with Gasteiger partial charge in [0.2, 0.25) is 0 Å². The summed E-state index contributed by atoms with van der Waals surface area (Å²) in [5.41, 5.74) is 5.03. The van der Waals surface area contributed by atoms with E-state index in [1.165, 1.54) is 7.11 Å². The first-order valence-electron chi connectivity index (χ1n) is 15.8. The summed E-state index contributed by atoms with van der Waals surface area (Å²) in [5, 5.41) is 3.42. The second-order valence-electron chi connectivity index (χ2n) is 12.6. The molecule has 0 amide bonds. The minimum Gasteiger partial charge on any atom is -0.492 e. The molecule has 0 saturated carbocycles. The van der Waals surface area contributed by atoms with Crippen molar-refractivity contribution in [1.82, 2.24) is 39.9 Å². The lowest BCUT2D eigenvalue weighted by atomic mass is 9.95. The van der Waals surface area contributed by atoms with Gasteiger partial charge < -0.3 is 19.4 Å². The van der Waals surface area contributed by atoms with Crippen LogP contribution in [0.25, 0.3) is 89.7 Å². The zero-order valence-electron chi connectivity index (χ0n) is 26.8. The number of carbonyl (C=O) groups is 1. The number of hydrogen-bond donors (Lipinski definition) is 2. The summed E-state index contributed by atoms with van der Waals surface area (Å²) in [7, 11) is 1.37. The molecule has 11 nitrogen and oxygen atoms in total. The topological polar surface area (TPSA) is 144 Å². The van der Waals surface area contributed by atoms with Crippen LogP contribution in [0.5, 0.6) is 5.75 Å². The molecule has 9 rings (SSSR count). The molecule has 0 spiro atoms. The van der Waals surface area contributed by atoms with Crippen LogP contribution in [0.4, 0.5) is 0 Å². The van der Waals surface area contributed by atoms with E-state index in [0.29, 0.717) is 51.6 Å². The third-order valence-corrected chi connectivity index (χ3v) is 8.86. The minimum atomic E-state index is -0.838. The Labute approximate surface area is 279 Å². The first-order chi connectivity index (χ1) is 23.9. The Morgan fingerprint density at radius 3 is 1.43 bits per heavy atom. The van der Waals surface area contributed by atoms with E-state index < -0.39 is 5.41 Å². The molecule has 0 unspecified atom stereocenters. The average molecular weight is 645 g/mol. The summed E-state index contributed by atoms with van der Waals surface area (Å²) in [6.07, 6.45) is 0. The number of H-pyrrole nitrogens is 2. The maximum atomic E-state index is 12.3. The predicted molar refractivity (Wildman–Crippen MR) is 187 cm³/mol. The zero-order chi connectivity index (χ0) is 33.3. The number of esters is 1. The van der Waals surface area contributed by atoms with Gasteiger partial charge in [-0.2, -0.15) is 0 Å². The van der Waals surface area contributed by atoms with Gasteiger partial charge in [-0.3, -0.25) is 4.79 Å². The Morgan fingerprint density at radius 1 is 0.571 bits per heavy atom. The lowest BCUT2D eigenvalue weighted by molar-refractivity contribution is -0.152. The summed E-state index contributed by atoms with van der Waals surface area (Å²) < 4.78 is 11.1. The van der Waals surface area contributed by atoms with Crippen LogP contribution in [0.3, 0.4) is 0 Å². The number of benzene rings is 4. The number of nitrogens with zero attached hydrogens (tertiary/aromatic N) is 6. The Morgan fingerprint density at radius 2 is 0.980 bits per heavy atom. The molecule has 49 heavy (non-hydrogen) atoms. The lowest BCUT2D eigenvalue weighted by Crippen LogP contribution is -2.32. The van der Waals surface area contributed by atoms with Gasteiger partial charge in [0.25, 0.3) is 0 Å². The van der Waals surface area contributed by atoms with Gasteiger partial charge in [0, 0.05) is 43.8 Å². The highest BCUT2D eigenvalue weighted by atomic mass is 16.5. The van der Waals surface area contributed by atoms with Crippen LogP contribution in [0.15, 0.2) is 91.0 Å². The summed E-state index contributed by atoms with van der Waals surface area (Å²) in [5.74, 6) is 2.33. The molecular weight excluding hydrogens is 616 g/mol. The molecule has 0 radical (unpaired) electrons. The Kier molecular flexibility index (Phi) is 6.31. The van der Waals surface area contributed by atoms with Crippen molar-refractivity contribution in [1.29, 1.82) is 0 Å². The van der Waals surface area contributed by atoms with Crippen molar-refractivity contribution in [3.8, 4) is 51.3 Å². The maximum absolute atomic E-state index is 12.3. The van der Waals surface area contributed by atoms with E-state index in [9.17, 15) is 4.79 Å². The first-order valence-corrected chi connectivity index (χ1v) is 15.8. The molecule has 8 bridgehead atoms. The molecule has 0 aliphatic carbocycles. The van der Waals surface area contributed by atoms with E-state index in [1.807, 2.05) is 91.0 Å². The second kappa shape index (κ2) is 10.8. The first kappa shape index (κ1) is 28.7. The van der Waals surface area contributed by atoms with E-state index in [1.54, 1.807) is 13.8 Å². The highest BCUT2D eigenvalue weighted by Crippen LogP contribution is 2.37. The van der Waals surface area contributed by atoms with Gasteiger partial charge >= 0.3 is 5.97 Å². The van der Waals surface area contributed by atoms with E-state index in [4.69, 9.17) is 39.4 Å². The van der Waals surface area contributed by atoms with Crippen molar-refractivity contribution in [2.24, 2.45) is 5.41 Å². The molecule has 0 atom stereocenters. The predicted octanol–water partition coefficient (Wildman–Crippen LogP) is 7.45. The highest BCUT2D eigenvalue weighted by molar-refractivity contribution is 6.06. The molecule has 11 heteroatoms. The van der Waals surface area contributed by atoms with Crippen LogP contribution < -0.4 is 4.74 Å². The fourth-order valence-corrected chi connectivity index (χ4v) is 6.31. The van der Waals surface area contributed by atoms with E-state index >= 15 is 0 Å². The number of aromatic amines is 2. The van der Waals surface area contributed by atoms with E-state index in [-0.39, 0.29) is 12.6 Å². The molecular formula is C38H28N8O3. The summed E-state index contributed by atoms with van der Waals surface area (Å²) in [6.45, 7) is 3.70. The molecule has 4 aromatic carbocycles. The molecule has 7 aromatic rings. The van der Waals surface area contributed by atoms with Crippen LogP contribution in [0.2, 0.25) is 0 Å². The molecule has 2 aliphatic rings. The van der Waals surface area contributed by atoms with Gasteiger partial charge in [-0.1, -0.05) is 72.8 Å². The summed E-state index contributed by atoms with van der Waals surface area (Å²) in [4.78, 5) is 49.3. The summed E-state index contributed by atoms with van der Waals surface area (Å²) >= 11 is 0. The average Bonchev–Trinajstić information content (AvgIpc) is 3.86.